The van der Waals surface area contributed by atoms with Crippen LogP contribution in [-0.2, 0) is 0 Å². The smallest absolute Gasteiger partial charge is 0.118 e. The van der Waals surface area contributed by atoms with Crippen molar-refractivity contribution in [3.63, 3.8) is 0 Å². The largest absolute Gasteiger partial charge is 0.497 e. The average molecular weight is 347 g/mol. The van der Waals surface area contributed by atoms with Crippen LogP contribution < -0.4 is 4.74 Å². The SMILES string of the molecule is CCCCCC1CCC(C2CCC(c3ccc(OC)cc3)CC2)CC1.[HH].[HH]. The Morgan fingerprint density at radius 2 is 1.44 bits per heavy atom. The zero-order chi connectivity index (χ0) is 17.5. The van der Waals surface area contributed by atoms with E-state index in [1.807, 2.05) is 0 Å². The second-order valence-corrected chi connectivity index (χ2v) is 8.66. The summed E-state index contributed by atoms with van der Waals surface area (Å²) in [5, 5.41) is 0. The number of ether oxygens (including phenoxy) is 1. The van der Waals surface area contributed by atoms with Crippen LogP contribution in [0.3, 0.4) is 0 Å². The molecule has 0 amide bonds. The van der Waals surface area contributed by atoms with Crippen LogP contribution >= 0.6 is 0 Å². The van der Waals surface area contributed by atoms with Crippen LogP contribution in [-0.4, -0.2) is 7.11 Å². The van der Waals surface area contributed by atoms with Gasteiger partial charge < -0.3 is 4.74 Å². The molecule has 1 aromatic carbocycles. The molecule has 0 atom stereocenters. The van der Waals surface area contributed by atoms with Crippen molar-refractivity contribution in [1.29, 1.82) is 0 Å². The molecular formula is C24H42O. The standard InChI is InChI=1S/C24H38O.2H2/c1-3-4-5-6-19-7-9-20(10-8-19)21-11-13-22(14-12-21)23-15-17-24(25-2)18-16-23;;/h15-22H,3-14H2,1-2H3;2*1H. The summed E-state index contributed by atoms with van der Waals surface area (Å²) in [6, 6.07) is 8.82. The van der Waals surface area contributed by atoms with Gasteiger partial charge in [-0.25, -0.2) is 0 Å². The molecule has 0 radical (unpaired) electrons. The van der Waals surface area contributed by atoms with Gasteiger partial charge in [0.1, 0.15) is 5.75 Å². The number of benzene rings is 1. The van der Waals surface area contributed by atoms with E-state index < -0.39 is 0 Å². The van der Waals surface area contributed by atoms with Crippen LogP contribution in [0.4, 0.5) is 0 Å². The summed E-state index contributed by atoms with van der Waals surface area (Å²) in [6.45, 7) is 2.32. The number of unbranched alkanes of at least 4 members (excludes halogenated alkanes) is 2. The summed E-state index contributed by atoms with van der Waals surface area (Å²) >= 11 is 0. The molecule has 25 heavy (non-hydrogen) atoms. The summed E-state index contributed by atoms with van der Waals surface area (Å²) in [5.41, 5.74) is 1.53. The first-order valence-corrected chi connectivity index (χ1v) is 10.9. The Hall–Kier alpha value is -0.980. The molecule has 0 bridgehead atoms. The van der Waals surface area contributed by atoms with E-state index in [9.17, 15) is 0 Å². The fraction of sp³-hybridized carbons (Fsp3) is 0.750. The molecule has 0 heterocycles. The molecule has 3 rings (SSSR count). The highest BCUT2D eigenvalue weighted by Gasteiger charge is 2.31. The second-order valence-electron chi connectivity index (χ2n) is 8.66. The Kier molecular flexibility index (Phi) is 7.25. The zero-order valence-corrected chi connectivity index (χ0v) is 16.5. The third kappa shape index (κ3) is 5.25. The maximum Gasteiger partial charge on any atom is 0.118 e. The van der Waals surface area contributed by atoms with Crippen LogP contribution in [0.25, 0.3) is 0 Å². The van der Waals surface area contributed by atoms with Gasteiger partial charge in [-0.1, -0.05) is 57.6 Å². The van der Waals surface area contributed by atoms with Crippen LogP contribution in [0, 0.1) is 17.8 Å². The summed E-state index contributed by atoms with van der Waals surface area (Å²) < 4.78 is 5.29. The van der Waals surface area contributed by atoms with Crippen LogP contribution in [0.2, 0.25) is 0 Å². The van der Waals surface area contributed by atoms with E-state index in [0.717, 1.165) is 29.4 Å². The van der Waals surface area contributed by atoms with Gasteiger partial charge >= 0.3 is 0 Å². The predicted molar refractivity (Wildman–Crippen MR) is 112 cm³/mol. The maximum atomic E-state index is 5.29. The van der Waals surface area contributed by atoms with E-state index in [0.29, 0.717) is 0 Å². The molecule has 1 aromatic rings. The Balaban J connectivity index is 0.00000182. The predicted octanol–water partition coefficient (Wildman–Crippen LogP) is 7.85. The summed E-state index contributed by atoms with van der Waals surface area (Å²) in [6.07, 6.45) is 17.6. The second kappa shape index (κ2) is 9.64. The Morgan fingerprint density at radius 1 is 0.840 bits per heavy atom. The Bertz CT molecular complexity index is 486. The van der Waals surface area contributed by atoms with Crippen molar-refractivity contribution in [3.05, 3.63) is 29.8 Å². The fourth-order valence-corrected chi connectivity index (χ4v) is 5.43. The van der Waals surface area contributed by atoms with E-state index >= 15 is 0 Å². The van der Waals surface area contributed by atoms with E-state index in [1.54, 1.807) is 7.11 Å². The van der Waals surface area contributed by atoms with Crippen molar-refractivity contribution in [1.82, 2.24) is 0 Å². The lowest BCUT2D eigenvalue weighted by Crippen LogP contribution is -2.25. The van der Waals surface area contributed by atoms with Gasteiger partial charge in [-0.3, -0.25) is 0 Å². The monoisotopic (exact) mass is 346 g/mol. The van der Waals surface area contributed by atoms with Gasteiger partial charge in [-0.2, -0.15) is 0 Å². The van der Waals surface area contributed by atoms with Crippen molar-refractivity contribution < 1.29 is 7.59 Å². The van der Waals surface area contributed by atoms with Gasteiger partial charge in [0.15, 0.2) is 0 Å². The lowest BCUT2D eigenvalue weighted by Gasteiger charge is -2.38. The molecule has 0 saturated heterocycles. The third-order valence-electron chi connectivity index (χ3n) is 7.13. The first kappa shape index (κ1) is 18.8. The molecule has 1 nitrogen and oxygen atoms in total. The lowest BCUT2D eigenvalue weighted by molar-refractivity contribution is 0.155. The highest BCUT2D eigenvalue weighted by Crippen LogP contribution is 2.44. The Labute approximate surface area is 158 Å². The maximum absolute atomic E-state index is 5.29. The fourth-order valence-electron chi connectivity index (χ4n) is 5.43. The topological polar surface area (TPSA) is 9.23 Å². The molecular weight excluding hydrogens is 304 g/mol. The van der Waals surface area contributed by atoms with Gasteiger partial charge in [-0.05, 0) is 79.9 Å². The van der Waals surface area contributed by atoms with Crippen LogP contribution in [0.5, 0.6) is 5.75 Å². The first-order valence-electron chi connectivity index (χ1n) is 10.9. The number of rotatable bonds is 7. The molecule has 2 aliphatic carbocycles. The van der Waals surface area contributed by atoms with Crippen LogP contribution in [0.1, 0.15) is 98.3 Å². The molecule has 2 saturated carbocycles. The summed E-state index contributed by atoms with van der Waals surface area (Å²) in [4.78, 5) is 0. The van der Waals surface area contributed by atoms with Crippen molar-refractivity contribution in [2.24, 2.45) is 17.8 Å². The van der Waals surface area contributed by atoms with Crippen molar-refractivity contribution in [2.45, 2.75) is 89.9 Å². The number of hydrogen-bond acceptors (Lipinski definition) is 1. The molecule has 0 aliphatic heterocycles. The number of methoxy groups -OCH3 is 1. The van der Waals surface area contributed by atoms with Gasteiger partial charge in [0.2, 0.25) is 0 Å². The summed E-state index contributed by atoms with van der Waals surface area (Å²) in [5.74, 6) is 4.88. The normalized spacial score (nSPS) is 30.2. The molecule has 0 aromatic heterocycles. The van der Waals surface area contributed by atoms with E-state index in [4.69, 9.17) is 4.74 Å². The van der Waals surface area contributed by atoms with Crippen LogP contribution in [0.15, 0.2) is 24.3 Å². The van der Waals surface area contributed by atoms with E-state index in [1.165, 1.54) is 82.6 Å². The Morgan fingerprint density at radius 3 is 2.00 bits per heavy atom. The minimum atomic E-state index is 0. The molecule has 144 valence electrons. The highest BCUT2D eigenvalue weighted by atomic mass is 16.5. The molecule has 0 N–H and O–H groups in total. The molecule has 0 spiro atoms. The van der Waals surface area contributed by atoms with Crippen molar-refractivity contribution in [2.75, 3.05) is 7.11 Å². The highest BCUT2D eigenvalue weighted by molar-refractivity contribution is 5.29. The molecule has 0 unspecified atom stereocenters. The van der Waals surface area contributed by atoms with Gasteiger partial charge in [0.25, 0.3) is 0 Å². The molecule has 2 aliphatic rings. The first-order chi connectivity index (χ1) is 12.3. The lowest BCUT2D eigenvalue weighted by atomic mass is 9.68. The van der Waals surface area contributed by atoms with Crippen molar-refractivity contribution in [3.8, 4) is 5.75 Å². The van der Waals surface area contributed by atoms with E-state index in [2.05, 4.69) is 31.2 Å². The quantitative estimate of drug-likeness (QED) is 0.457. The minimum absolute atomic E-state index is 0. The van der Waals surface area contributed by atoms with Gasteiger partial charge in [-0.15, -0.1) is 0 Å². The van der Waals surface area contributed by atoms with Crippen molar-refractivity contribution >= 4 is 0 Å². The van der Waals surface area contributed by atoms with Gasteiger partial charge in [0.05, 0.1) is 7.11 Å². The minimum Gasteiger partial charge on any atom is -0.497 e. The average Bonchev–Trinajstić information content (AvgIpc) is 2.69. The molecule has 1 heteroatoms. The third-order valence-corrected chi connectivity index (χ3v) is 7.13. The number of hydrogen-bond donors (Lipinski definition) is 0. The zero-order valence-electron chi connectivity index (χ0n) is 16.5. The molecule has 2 fully saturated rings. The van der Waals surface area contributed by atoms with E-state index in [-0.39, 0.29) is 2.85 Å². The summed E-state index contributed by atoms with van der Waals surface area (Å²) in [7, 11) is 1.75. The van der Waals surface area contributed by atoms with Gasteiger partial charge in [0, 0.05) is 2.85 Å².